The average Bonchev–Trinajstić information content (AvgIpc) is 2.71. The van der Waals surface area contributed by atoms with Gasteiger partial charge in [-0.3, -0.25) is 9.59 Å². The molecule has 1 aliphatic rings. The highest BCUT2D eigenvalue weighted by atomic mass is 32.2. The molecule has 2 N–H and O–H groups in total. The van der Waals surface area contributed by atoms with Crippen molar-refractivity contribution in [1.82, 2.24) is 4.31 Å². The van der Waals surface area contributed by atoms with Gasteiger partial charge in [-0.15, -0.1) is 0 Å². The van der Waals surface area contributed by atoms with Crippen molar-refractivity contribution in [2.24, 2.45) is 5.73 Å². The highest BCUT2D eigenvalue weighted by Crippen LogP contribution is 2.29. The van der Waals surface area contributed by atoms with Crippen molar-refractivity contribution in [3.05, 3.63) is 65.2 Å². The number of carbonyl (C=O) groups is 2. The first-order valence-electron chi connectivity index (χ1n) is 8.86. The number of aryl methyl sites for hydroxylation is 1. The zero-order valence-electron chi connectivity index (χ0n) is 15.5. The van der Waals surface area contributed by atoms with Crippen LogP contribution >= 0.6 is 0 Å². The van der Waals surface area contributed by atoms with E-state index in [0.717, 1.165) is 16.7 Å². The number of sulfonamides is 1. The highest BCUT2D eigenvalue weighted by Gasteiger charge is 2.38. The normalized spacial score (nSPS) is 17.0. The fourth-order valence-corrected chi connectivity index (χ4v) is 4.88. The van der Waals surface area contributed by atoms with Gasteiger partial charge in [-0.2, -0.15) is 4.31 Å². The van der Waals surface area contributed by atoms with Crippen molar-refractivity contribution < 1.29 is 22.7 Å². The summed E-state index contributed by atoms with van der Waals surface area (Å²) >= 11 is 0. The maximum Gasteiger partial charge on any atom is 0.305 e. The number of hydrogen-bond acceptors (Lipinski definition) is 5. The first-order valence-corrected chi connectivity index (χ1v) is 10.3. The lowest BCUT2D eigenvalue weighted by Crippen LogP contribution is -2.50. The maximum atomic E-state index is 13.2. The first kappa shape index (κ1) is 20.0. The summed E-state index contributed by atoms with van der Waals surface area (Å²) in [4.78, 5) is 23.3. The molecule has 0 unspecified atom stereocenters. The zero-order valence-corrected chi connectivity index (χ0v) is 16.3. The third kappa shape index (κ3) is 4.07. The monoisotopic (exact) mass is 402 g/mol. The number of fused-ring (bicyclic) bond motifs is 1. The van der Waals surface area contributed by atoms with Gasteiger partial charge in [-0.1, -0.05) is 36.4 Å². The number of benzene rings is 2. The van der Waals surface area contributed by atoms with Crippen molar-refractivity contribution in [2.75, 3.05) is 7.11 Å². The first-order chi connectivity index (χ1) is 13.3. The summed E-state index contributed by atoms with van der Waals surface area (Å²) in [5.41, 5.74) is 8.11. The van der Waals surface area contributed by atoms with Crippen LogP contribution in [-0.4, -0.2) is 37.8 Å². The van der Waals surface area contributed by atoms with E-state index in [4.69, 9.17) is 5.73 Å². The molecule has 3 rings (SSSR count). The third-order valence-electron chi connectivity index (χ3n) is 4.91. The topological polar surface area (TPSA) is 107 Å². The Morgan fingerprint density at radius 1 is 1.11 bits per heavy atom. The molecule has 0 aliphatic carbocycles. The summed E-state index contributed by atoms with van der Waals surface area (Å²) in [7, 11) is -2.59. The lowest BCUT2D eigenvalue weighted by Gasteiger charge is -2.34. The van der Waals surface area contributed by atoms with E-state index in [2.05, 4.69) is 4.74 Å². The Bertz CT molecular complexity index is 986. The molecule has 7 nitrogen and oxygen atoms in total. The van der Waals surface area contributed by atoms with Crippen LogP contribution in [0.5, 0.6) is 0 Å². The van der Waals surface area contributed by atoms with E-state index >= 15 is 0 Å². The van der Waals surface area contributed by atoms with Gasteiger partial charge in [0.15, 0.2) is 0 Å². The number of esters is 1. The van der Waals surface area contributed by atoms with E-state index in [-0.39, 0.29) is 30.3 Å². The largest absolute Gasteiger partial charge is 0.469 e. The number of carbonyl (C=O) groups excluding carboxylic acids is 2. The molecule has 0 spiro atoms. The molecule has 0 aromatic heterocycles. The van der Waals surface area contributed by atoms with E-state index in [9.17, 15) is 18.0 Å². The van der Waals surface area contributed by atoms with Crippen LogP contribution < -0.4 is 5.73 Å². The van der Waals surface area contributed by atoms with E-state index in [1.54, 1.807) is 12.1 Å². The molecule has 1 amide bonds. The molecule has 2 aromatic rings. The van der Waals surface area contributed by atoms with Crippen LogP contribution in [0.2, 0.25) is 0 Å². The minimum absolute atomic E-state index is 0.0833. The zero-order chi connectivity index (χ0) is 20.3. The predicted molar refractivity (Wildman–Crippen MR) is 103 cm³/mol. The number of nitrogens with two attached hydrogens (primary N) is 1. The predicted octanol–water partition coefficient (Wildman–Crippen LogP) is 1.39. The summed E-state index contributed by atoms with van der Waals surface area (Å²) < 4.78 is 32.1. The fraction of sp³-hybridized carbons (Fsp3) is 0.300. The van der Waals surface area contributed by atoms with Crippen LogP contribution in [-0.2, 0) is 43.7 Å². The number of hydrogen-bond donors (Lipinski definition) is 1. The van der Waals surface area contributed by atoms with Crippen LogP contribution in [0.15, 0.2) is 53.4 Å². The summed E-state index contributed by atoms with van der Waals surface area (Å²) in [5, 5.41) is 0. The molecule has 8 heteroatoms. The summed E-state index contributed by atoms with van der Waals surface area (Å²) in [6.07, 6.45) is 0.922. The smallest absolute Gasteiger partial charge is 0.305 e. The number of ether oxygens (including phenoxy) is 1. The van der Waals surface area contributed by atoms with Gasteiger partial charge >= 0.3 is 5.97 Å². The van der Waals surface area contributed by atoms with Crippen molar-refractivity contribution in [3.8, 4) is 0 Å². The summed E-state index contributed by atoms with van der Waals surface area (Å²) in [6.45, 7) is 0.0935. The Balaban J connectivity index is 1.86. The number of amides is 1. The second kappa shape index (κ2) is 8.12. The molecule has 1 aliphatic heterocycles. The second-order valence-electron chi connectivity index (χ2n) is 6.66. The molecule has 28 heavy (non-hydrogen) atoms. The number of primary amides is 1. The number of nitrogens with zero attached hydrogens (tertiary/aromatic N) is 1. The van der Waals surface area contributed by atoms with Gasteiger partial charge in [0, 0.05) is 13.0 Å². The van der Waals surface area contributed by atoms with Crippen LogP contribution in [0.3, 0.4) is 0 Å². The molecule has 2 aromatic carbocycles. The molecular weight excluding hydrogens is 380 g/mol. The molecule has 1 heterocycles. The van der Waals surface area contributed by atoms with Crippen molar-refractivity contribution >= 4 is 21.9 Å². The maximum absolute atomic E-state index is 13.2. The van der Waals surface area contributed by atoms with Crippen LogP contribution in [0.1, 0.15) is 23.1 Å². The molecule has 0 radical (unpaired) electrons. The molecule has 0 fully saturated rings. The molecule has 0 saturated carbocycles. The van der Waals surface area contributed by atoms with E-state index in [1.807, 2.05) is 24.3 Å². The van der Waals surface area contributed by atoms with Gasteiger partial charge in [0.05, 0.1) is 12.0 Å². The highest BCUT2D eigenvalue weighted by molar-refractivity contribution is 7.89. The standard InChI is InChI=1S/C20H22N2O5S/c1-27-19(23)11-8-14-6-9-17(10-7-14)28(25,26)22-13-16-5-3-2-4-15(16)12-18(22)20(21)24/h2-7,9-10,18H,8,11-13H2,1H3,(H2,21,24)/t18-/m0/s1. The Labute approximate surface area is 164 Å². The lowest BCUT2D eigenvalue weighted by atomic mass is 9.96. The van der Waals surface area contributed by atoms with E-state index in [0.29, 0.717) is 6.42 Å². The van der Waals surface area contributed by atoms with Crippen molar-refractivity contribution in [1.29, 1.82) is 0 Å². The Morgan fingerprint density at radius 2 is 1.75 bits per heavy atom. The van der Waals surface area contributed by atoms with Crippen LogP contribution in [0, 0.1) is 0 Å². The number of methoxy groups -OCH3 is 1. The Morgan fingerprint density at radius 3 is 2.36 bits per heavy atom. The second-order valence-corrected chi connectivity index (χ2v) is 8.55. The SMILES string of the molecule is COC(=O)CCc1ccc(S(=O)(=O)N2Cc3ccccc3C[C@H]2C(N)=O)cc1. The van der Waals surface area contributed by atoms with Gasteiger partial charge in [0.25, 0.3) is 0 Å². The average molecular weight is 402 g/mol. The Kier molecular flexibility index (Phi) is 5.81. The molecule has 0 bridgehead atoms. The summed E-state index contributed by atoms with van der Waals surface area (Å²) in [5.74, 6) is -0.999. The van der Waals surface area contributed by atoms with Crippen molar-refractivity contribution in [2.45, 2.75) is 36.7 Å². The van der Waals surface area contributed by atoms with Gasteiger partial charge < -0.3 is 10.5 Å². The molecule has 0 saturated heterocycles. The van der Waals surface area contributed by atoms with E-state index in [1.165, 1.54) is 23.5 Å². The fourth-order valence-electron chi connectivity index (χ4n) is 3.31. The molecular formula is C20H22N2O5S. The van der Waals surface area contributed by atoms with Crippen LogP contribution in [0.25, 0.3) is 0 Å². The van der Waals surface area contributed by atoms with Gasteiger partial charge in [-0.05, 0) is 41.7 Å². The van der Waals surface area contributed by atoms with Gasteiger partial charge in [0.1, 0.15) is 6.04 Å². The minimum atomic E-state index is -3.91. The lowest BCUT2D eigenvalue weighted by molar-refractivity contribution is -0.140. The summed E-state index contributed by atoms with van der Waals surface area (Å²) in [6, 6.07) is 12.8. The van der Waals surface area contributed by atoms with E-state index < -0.39 is 22.0 Å². The number of rotatable bonds is 6. The molecule has 148 valence electrons. The van der Waals surface area contributed by atoms with Gasteiger partial charge in [0.2, 0.25) is 15.9 Å². The minimum Gasteiger partial charge on any atom is -0.469 e. The van der Waals surface area contributed by atoms with Gasteiger partial charge in [-0.25, -0.2) is 8.42 Å². The Hall–Kier alpha value is -2.71. The van der Waals surface area contributed by atoms with Crippen LogP contribution in [0.4, 0.5) is 0 Å². The molecule has 1 atom stereocenters. The quantitative estimate of drug-likeness (QED) is 0.735. The third-order valence-corrected chi connectivity index (χ3v) is 6.78. The van der Waals surface area contributed by atoms with Crippen molar-refractivity contribution in [3.63, 3.8) is 0 Å².